The SMILES string of the molecule is COc1ccc(CSCC(=O)N[C@H](C(=O)O)C(C)C)cc1[N+](=O)[O-]. The fourth-order valence-corrected chi connectivity index (χ4v) is 2.74. The molecule has 0 aliphatic rings. The second-order valence-electron chi connectivity index (χ2n) is 5.38. The molecule has 132 valence electrons. The number of hydrogen-bond acceptors (Lipinski definition) is 6. The molecule has 1 aromatic rings. The summed E-state index contributed by atoms with van der Waals surface area (Å²) in [6, 6.07) is 3.66. The van der Waals surface area contributed by atoms with E-state index in [4.69, 9.17) is 9.84 Å². The Morgan fingerprint density at radius 2 is 2.08 bits per heavy atom. The van der Waals surface area contributed by atoms with E-state index in [0.29, 0.717) is 11.3 Å². The van der Waals surface area contributed by atoms with Crippen molar-refractivity contribution < 1.29 is 24.4 Å². The van der Waals surface area contributed by atoms with Gasteiger partial charge in [0.05, 0.1) is 17.8 Å². The fraction of sp³-hybridized carbons (Fsp3) is 0.467. The number of carboxylic acid groups (broad SMARTS) is 1. The molecular formula is C15H20N2O6S. The van der Waals surface area contributed by atoms with Crippen molar-refractivity contribution in [3.05, 3.63) is 33.9 Å². The molecule has 8 nitrogen and oxygen atoms in total. The Morgan fingerprint density at radius 3 is 2.58 bits per heavy atom. The maximum Gasteiger partial charge on any atom is 0.326 e. The van der Waals surface area contributed by atoms with Gasteiger partial charge >= 0.3 is 11.7 Å². The molecule has 0 spiro atoms. The van der Waals surface area contributed by atoms with Crippen molar-refractivity contribution in [1.82, 2.24) is 5.32 Å². The first kappa shape index (κ1) is 19.8. The molecular weight excluding hydrogens is 336 g/mol. The van der Waals surface area contributed by atoms with E-state index in [-0.39, 0.29) is 29.0 Å². The van der Waals surface area contributed by atoms with Crippen molar-refractivity contribution in [2.45, 2.75) is 25.6 Å². The number of ether oxygens (including phenoxy) is 1. The van der Waals surface area contributed by atoms with Crippen molar-refractivity contribution in [2.24, 2.45) is 5.92 Å². The summed E-state index contributed by atoms with van der Waals surface area (Å²) in [4.78, 5) is 33.3. The van der Waals surface area contributed by atoms with Crippen molar-refractivity contribution in [3.63, 3.8) is 0 Å². The summed E-state index contributed by atoms with van der Waals surface area (Å²) in [5, 5.41) is 22.5. The number of nitrogens with zero attached hydrogens (tertiary/aromatic N) is 1. The number of nitrogens with one attached hydrogen (secondary N) is 1. The lowest BCUT2D eigenvalue weighted by Crippen LogP contribution is -2.45. The van der Waals surface area contributed by atoms with Crippen LogP contribution in [-0.4, -0.2) is 40.8 Å². The second kappa shape index (κ2) is 9.11. The molecule has 1 rings (SSSR count). The highest BCUT2D eigenvalue weighted by molar-refractivity contribution is 7.99. The Hall–Kier alpha value is -2.29. The molecule has 2 N–H and O–H groups in total. The van der Waals surface area contributed by atoms with E-state index in [1.54, 1.807) is 19.9 Å². The number of carboxylic acids is 1. The average Bonchev–Trinajstić information content (AvgIpc) is 2.51. The summed E-state index contributed by atoms with van der Waals surface area (Å²) in [5.74, 6) is -1.06. The number of benzene rings is 1. The topological polar surface area (TPSA) is 119 Å². The van der Waals surface area contributed by atoms with Gasteiger partial charge in [-0.3, -0.25) is 14.9 Å². The third kappa shape index (κ3) is 5.73. The quantitative estimate of drug-likeness (QED) is 0.513. The smallest absolute Gasteiger partial charge is 0.326 e. The van der Waals surface area contributed by atoms with Crippen LogP contribution < -0.4 is 10.1 Å². The van der Waals surface area contributed by atoms with Crippen LogP contribution >= 0.6 is 11.8 Å². The number of thioether (sulfide) groups is 1. The minimum atomic E-state index is -1.07. The predicted octanol–water partition coefficient (Wildman–Crippen LogP) is 2.06. The molecule has 0 saturated carbocycles. The van der Waals surface area contributed by atoms with Crippen LogP contribution in [-0.2, 0) is 15.3 Å². The molecule has 1 atom stereocenters. The van der Waals surface area contributed by atoms with Gasteiger partial charge in [-0.05, 0) is 17.5 Å². The van der Waals surface area contributed by atoms with Gasteiger partial charge in [0.2, 0.25) is 5.91 Å². The first-order chi connectivity index (χ1) is 11.3. The molecule has 0 heterocycles. The van der Waals surface area contributed by atoms with Crippen LogP contribution in [0.15, 0.2) is 18.2 Å². The van der Waals surface area contributed by atoms with Crippen LogP contribution in [0.25, 0.3) is 0 Å². The first-order valence-corrected chi connectivity index (χ1v) is 8.33. The maximum absolute atomic E-state index is 11.8. The molecule has 0 aliphatic heterocycles. The standard InChI is InChI=1S/C15H20N2O6S/c1-9(2)14(15(19)20)16-13(18)8-24-7-10-4-5-12(23-3)11(6-10)17(21)22/h4-6,9,14H,7-8H2,1-3H3,(H,16,18)(H,19,20)/t14-/m0/s1. The normalized spacial score (nSPS) is 11.8. The third-order valence-corrected chi connectivity index (χ3v) is 4.19. The largest absolute Gasteiger partial charge is 0.490 e. The zero-order chi connectivity index (χ0) is 18.3. The van der Waals surface area contributed by atoms with Crippen molar-refractivity contribution in [2.75, 3.05) is 12.9 Å². The van der Waals surface area contributed by atoms with E-state index in [1.807, 2.05) is 0 Å². The lowest BCUT2D eigenvalue weighted by atomic mass is 10.1. The first-order valence-electron chi connectivity index (χ1n) is 7.17. The summed E-state index contributed by atoms with van der Waals surface area (Å²) in [6.45, 7) is 3.42. The van der Waals surface area contributed by atoms with Crippen molar-refractivity contribution in [1.29, 1.82) is 0 Å². The zero-order valence-corrected chi connectivity index (χ0v) is 14.5. The van der Waals surface area contributed by atoms with Gasteiger partial charge in [-0.1, -0.05) is 19.9 Å². The minimum Gasteiger partial charge on any atom is -0.490 e. The number of rotatable bonds is 9. The molecule has 0 saturated heterocycles. The van der Waals surface area contributed by atoms with E-state index in [2.05, 4.69) is 5.32 Å². The highest BCUT2D eigenvalue weighted by atomic mass is 32.2. The Labute approximate surface area is 143 Å². The number of carbonyl (C=O) groups excluding carboxylic acids is 1. The third-order valence-electron chi connectivity index (χ3n) is 3.19. The molecule has 9 heteroatoms. The van der Waals surface area contributed by atoms with Gasteiger partial charge in [0, 0.05) is 11.8 Å². The lowest BCUT2D eigenvalue weighted by molar-refractivity contribution is -0.385. The van der Waals surface area contributed by atoms with Gasteiger partial charge in [-0.15, -0.1) is 11.8 Å². The van der Waals surface area contributed by atoms with Crippen LogP contribution in [0, 0.1) is 16.0 Å². The Balaban J connectivity index is 2.58. The van der Waals surface area contributed by atoms with Gasteiger partial charge in [-0.2, -0.15) is 0 Å². The molecule has 0 bridgehead atoms. The van der Waals surface area contributed by atoms with Gasteiger partial charge in [0.15, 0.2) is 5.75 Å². The number of carbonyl (C=O) groups is 2. The van der Waals surface area contributed by atoms with Crippen LogP contribution in [0.2, 0.25) is 0 Å². The maximum atomic E-state index is 11.8. The molecule has 0 aliphatic carbocycles. The Kier molecular flexibility index (Phi) is 7.50. The monoisotopic (exact) mass is 356 g/mol. The van der Waals surface area contributed by atoms with Gasteiger partial charge in [0.25, 0.3) is 0 Å². The van der Waals surface area contributed by atoms with E-state index in [9.17, 15) is 19.7 Å². The zero-order valence-electron chi connectivity index (χ0n) is 13.6. The summed E-state index contributed by atoms with van der Waals surface area (Å²) in [6.07, 6.45) is 0. The Morgan fingerprint density at radius 1 is 1.42 bits per heavy atom. The van der Waals surface area contributed by atoms with Crippen molar-refractivity contribution in [3.8, 4) is 5.75 Å². The number of nitro groups is 1. The molecule has 0 unspecified atom stereocenters. The highest BCUT2D eigenvalue weighted by Crippen LogP contribution is 2.28. The minimum absolute atomic E-state index is 0.0658. The van der Waals surface area contributed by atoms with Crippen LogP contribution in [0.1, 0.15) is 19.4 Å². The fourth-order valence-electron chi connectivity index (χ4n) is 1.96. The number of hydrogen-bond donors (Lipinski definition) is 2. The summed E-state index contributed by atoms with van der Waals surface area (Å²) in [5.41, 5.74) is 0.546. The molecule has 0 fully saturated rings. The molecule has 1 aromatic carbocycles. The molecule has 24 heavy (non-hydrogen) atoms. The molecule has 0 radical (unpaired) electrons. The summed E-state index contributed by atoms with van der Waals surface area (Å²) < 4.78 is 4.92. The average molecular weight is 356 g/mol. The van der Waals surface area contributed by atoms with E-state index in [0.717, 1.165) is 0 Å². The van der Waals surface area contributed by atoms with Crippen LogP contribution in [0.3, 0.4) is 0 Å². The van der Waals surface area contributed by atoms with E-state index in [1.165, 1.54) is 31.0 Å². The van der Waals surface area contributed by atoms with Crippen molar-refractivity contribution >= 4 is 29.3 Å². The van der Waals surface area contributed by atoms with E-state index >= 15 is 0 Å². The number of methoxy groups -OCH3 is 1. The number of amides is 1. The second-order valence-corrected chi connectivity index (χ2v) is 6.37. The number of nitro benzene ring substituents is 1. The summed E-state index contributed by atoms with van der Waals surface area (Å²) in [7, 11) is 1.36. The van der Waals surface area contributed by atoms with Gasteiger partial charge < -0.3 is 15.2 Å². The van der Waals surface area contributed by atoms with Crippen LogP contribution in [0.5, 0.6) is 5.75 Å². The molecule has 1 amide bonds. The van der Waals surface area contributed by atoms with Gasteiger partial charge in [-0.25, -0.2) is 4.79 Å². The van der Waals surface area contributed by atoms with E-state index < -0.39 is 16.9 Å². The predicted molar refractivity (Wildman–Crippen MR) is 90.2 cm³/mol. The summed E-state index contributed by atoms with van der Waals surface area (Å²) >= 11 is 1.25. The number of aliphatic carboxylic acids is 1. The van der Waals surface area contributed by atoms with Crippen LogP contribution in [0.4, 0.5) is 5.69 Å². The highest BCUT2D eigenvalue weighted by Gasteiger charge is 2.23. The Bertz CT molecular complexity index is 620. The molecule has 0 aromatic heterocycles. The van der Waals surface area contributed by atoms with Gasteiger partial charge in [0.1, 0.15) is 6.04 Å². The lowest BCUT2D eigenvalue weighted by Gasteiger charge is -2.17.